The van der Waals surface area contributed by atoms with Gasteiger partial charge in [0.1, 0.15) is 0 Å². The fraction of sp³-hybridized carbons (Fsp3) is 0.480. The number of hydrogen-bond donors (Lipinski definition) is 1. The normalized spacial score (nSPS) is 25.6. The van der Waals surface area contributed by atoms with Gasteiger partial charge < -0.3 is 9.53 Å². The van der Waals surface area contributed by atoms with E-state index in [0.29, 0.717) is 18.8 Å². The fourth-order valence-electron chi connectivity index (χ4n) is 4.75. The lowest BCUT2D eigenvalue weighted by atomic mass is 9.71. The van der Waals surface area contributed by atoms with Crippen molar-refractivity contribution in [2.24, 2.45) is 11.3 Å². The van der Waals surface area contributed by atoms with Crippen LogP contribution >= 0.6 is 0 Å². The molecule has 1 aliphatic carbocycles. The number of carboxylic acid groups (broad SMARTS) is 1. The first-order valence-electron chi connectivity index (χ1n) is 10.6. The molecule has 29 heavy (non-hydrogen) atoms. The predicted octanol–water partition coefficient (Wildman–Crippen LogP) is 4.84. The molecule has 0 heterocycles. The number of carbonyl (C=O) groups is 1. The van der Waals surface area contributed by atoms with Crippen LogP contribution in [0.15, 0.2) is 60.7 Å². The highest BCUT2D eigenvalue weighted by atomic mass is 28.4. The lowest BCUT2D eigenvalue weighted by molar-refractivity contribution is -0.153. The minimum atomic E-state index is -2.67. The van der Waals surface area contributed by atoms with Crippen LogP contribution in [0.1, 0.15) is 53.9 Å². The van der Waals surface area contributed by atoms with Crippen molar-refractivity contribution in [2.75, 3.05) is 0 Å². The Hall–Kier alpha value is -1.91. The first-order chi connectivity index (χ1) is 13.6. The van der Waals surface area contributed by atoms with E-state index in [1.54, 1.807) is 0 Å². The van der Waals surface area contributed by atoms with E-state index in [4.69, 9.17) is 4.43 Å². The Kier molecular flexibility index (Phi) is 6.07. The summed E-state index contributed by atoms with van der Waals surface area (Å²) >= 11 is 0. The highest BCUT2D eigenvalue weighted by molar-refractivity contribution is 6.99. The fourth-order valence-corrected chi connectivity index (χ4v) is 9.53. The topological polar surface area (TPSA) is 46.5 Å². The van der Waals surface area contributed by atoms with Crippen LogP contribution in [0.2, 0.25) is 5.04 Å². The van der Waals surface area contributed by atoms with Gasteiger partial charge in [-0.2, -0.15) is 0 Å². The zero-order chi connectivity index (χ0) is 21.3. The van der Waals surface area contributed by atoms with Gasteiger partial charge in [0.15, 0.2) is 0 Å². The summed E-state index contributed by atoms with van der Waals surface area (Å²) in [5.74, 6) is -0.371. The van der Waals surface area contributed by atoms with E-state index in [2.05, 4.69) is 76.2 Å². The minimum Gasteiger partial charge on any atom is -0.481 e. The first kappa shape index (κ1) is 21.8. The summed E-state index contributed by atoms with van der Waals surface area (Å²) in [5.41, 5.74) is -0.720. The Balaban J connectivity index is 2.14. The summed E-state index contributed by atoms with van der Waals surface area (Å²) in [7, 11) is -2.67. The van der Waals surface area contributed by atoms with Gasteiger partial charge in [0.25, 0.3) is 8.32 Å². The second kappa shape index (κ2) is 8.08. The summed E-state index contributed by atoms with van der Waals surface area (Å²) in [6, 6.07) is 21.2. The molecule has 4 heteroatoms. The maximum Gasteiger partial charge on any atom is 0.309 e. The second-order valence-electron chi connectivity index (χ2n) is 9.91. The Morgan fingerprint density at radius 2 is 1.52 bits per heavy atom. The SMILES string of the molecule is C[C@@H]1CC[C@](C)(C(=O)O)C[C@@H]1O[Si](c1ccccc1)(c1ccccc1)C(C)(C)C. The van der Waals surface area contributed by atoms with Crippen LogP contribution < -0.4 is 10.4 Å². The molecule has 156 valence electrons. The van der Waals surface area contributed by atoms with Crippen molar-refractivity contribution in [3.8, 4) is 0 Å². The van der Waals surface area contributed by atoms with E-state index >= 15 is 0 Å². The third kappa shape index (κ3) is 4.06. The summed E-state index contributed by atoms with van der Waals surface area (Å²) in [6.45, 7) is 10.9. The standard InChI is InChI=1S/C25H34O3Si/c1-19-16-17-25(5,23(26)27)18-22(19)28-29(24(2,3)4,20-12-8-6-9-13-20)21-14-10-7-11-15-21/h6-15,19,22H,16-18H2,1-5H3,(H,26,27)/t19-,22+,25+/m1/s1. The van der Waals surface area contributed by atoms with Gasteiger partial charge in [0.05, 0.1) is 5.41 Å². The van der Waals surface area contributed by atoms with E-state index < -0.39 is 19.7 Å². The van der Waals surface area contributed by atoms with Gasteiger partial charge in [-0.15, -0.1) is 0 Å². The maximum atomic E-state index is 12.0. The molecule has 0 unspecified atom stereocenters. The van der Waals surface area contributed by atoms with E-state index in [1.807, 2.05) is 19.1 Å². The molecule has 3 nitrogen and oxygen atoms in total. The van der Waals surface area contributed by atoms with E-state index in [0.717, 1.165) is 6.42 Å². The Bertz CT molecular complexity index is 789. The number of aliphatic carboxylic acids is 1. The van der Waals surface area contributed by atoms with Gasteiger partial charge in [-0.05, 0) is 47.5 Å². The summed E-state index contributed by atoms with van der Waals surface area (Å²) < 4.78 is 7.25. The molecular weight excluding hydrogens is 376 g/mol. The molecule has 0 aliphatic heterocycles. The first-order valence-corrected chi connectivity index (χ1v) is 12.5. The third-order valence-electron chi connectivity index (χ3n) is 6.70. The van der Waals surface area contributed by atoms with Gasteiger partial charge in [-0.1, -0.05) is 88.4 Å². The van der Waals surface area contributed by atoms with Crippen LogP contribution in [-0.4, -0.2) is 25.5 Å². The van der Waals surface area contributed by atoms with Crippen molar-refractivity contribution in [1.82, 2.24) is 0 Å². The molecular formula is C25H34O3Si. The molecule has 3 rings (SSSR count). The largest absolute Gasteiger partial charge is 0.481 e. The van der Waals surface area contributed by atoms with Crippen LogP contribution in [0, 0.1) is 11.3 Å². The molecule has 2 aromatic rings. The van der Waals surface area contributed by atoms with Gasteiger partial charge in [0, 0.05) is 6.10 Å². The average Bonchev–Trinajstić information content (AvgIpc) is 2.69. The molecule has 1 saturated carbocycles. The van der Waals surface area contributed by atoms with Gasteiger partial charge >= 0.3 is 5.97 Å². The molecule has 0 aromatic heterocycles. The van der Waals surface area contributed by atoms with Crippen molar-refractivity contribution < 1.29 is 14.3 Å². The van der Waals surface area contributed by atoms with Crippen LogP contribution in [0.3, 0.4) is 0 Å². The predicted molar refractivity (Wildman–Crippen MR) is 121 cm³/mol. The average molecular weight is 411 g/mol. The highest BCUT2D eigenvalue weighted by Crippen LogP contribution is 2.44. The molecule has 1 aliphatic rings. The molecule has 2 aromatic carbocycles. The van der Waals surface area contributed by atoms with E-state index in [-0.39, 0.29) is 11.1 Å². The number of carboxylic acids is 1. The summed E-state index contributed by atoms with van der Waals surface area (Å²) in [6.07, 6.45) is 2.08. The number of hydrogen-bond acceptors (Lipinski definition) is 2. The van der Waals surface area contributed by atoms with Crippen molar-refractivity contribution in [1.29, 1.82) is 0 Å². The molecule has 0 amide bonds. The maximum absolute atomic E-state index is 12.0. The summed E-state index contributed by atoms with van der Waals surface area (Å²) in [5, 5.41) is 12.2. The molecule has 1 N–H and O–H groups in total. The number of rotatable bonds is 5. The molecule has 0 bridgehead atoms. The van der Waals surface area contributed by atoms with Gasteiger partial charge in [-0.25, -0.2) is 0 Å². The Morgan fingerprint density at radius 3 is 1.93 bits per heavy atom. The second-order valence-corrected chi connectivity index (χ2v) is 14.2. The lowest BCUT2D eigenvalue weighted by Crippen LogP contribution is -2.68. The zero-order valence-electron chi connectivity index (χ0n) is 18.3. The van der Waals surface area contributed by atoms with Crippen molar-refractivity contribution in [3.05, 3.63) is 60.7 Å². The lowest BCUT2D eigenvalue weighted by Gasteiger charge is -2.49. The smallest absolute Gasteiger partial charge is 0.309 e. The molecule has 3 atom stereocenters. The Labute approximate surface area is 176 Å². The van der Waals surface area contributed by atoms with Crippen LogP contribution in [0.25, 0.3) is 0 Å². The van der Waals surface area contributed by atoms with Crippen molar-refractivity contribution in [2.45, 2.75) is 65.0 Å². The molecule has 0 radical (unpaired) electrons. The molecule has 1 fully saturated rings. The minimum absolute atomic E-state index is 0.0730. The van der Waals surface area contributed by atoms with Crippen LogP contribution in [-0.2, 0) is 9.22 Å². The molecule has 0 spiro atoms. The molecule has 0 saturated heterocycles. The van der Waals surface area contributed by atoms with Crippen LogP contribution in [0.5, 0.6) is 0 Å². The monoisotopic (exact) mass is 410 g/mol. The van der Waals surface area contributed by atoms with Gasteiger partial charge in [0.2, 0.25) is 0 Å². The van der Waals surface area contributed by atoms with E-state index in [9.17, 15) is 9.90 Å². The summed E-state index contributed by atoms with van der Waals surface area (Å²) in [4.78, 5) is 12.0. The quantitative estimate of drug-likeness (QED) is 0.717. The number of benzene rings is 2. The highest BCUT2D eigenvalue weighted by Gasteiger charge is 2.53. The van der Waals surface area contributed by atoms with Crippen molar-refractivity contribution in [3.63, 3.8) is 0 Å². The Morgan fingerprint density at radius 1 is 1.03 bits per heavy atom. The van der Waals surface area contributed by atoms with E-state index in [1.165, 1.54) is 10.4 Å². The zero-order valence-corrected chi connectivity index (χ0v) is 19.3. The van der Waals surface area contributed by atoms with Crippen LogP contribution in [0.4, 0.5) is 0 Å². The third-order valence-corrected chi connectivity index (χ3v) is 11.8. The van der Waals surface area contributed by atoms with Crippen molar-refractivity contribution >= 4 is 24.7 Å². The van der Waals surface area contributed by atoms with Gasteiger partial charge in [-0.3, -0.25) is 4.79 Å².